The van der Waals surface area contributed by atoms with Crippen molar-refractivity contribution in [2.75, 3.05) is 5.32 Å². The van der Waals surface area contributed by atoms with E-state index < -0.39 is 4.92 Å². The van der Waals surface area contributed by atoms with E-state index in [2.05, 4.69) is 12.2 Å². The second-order valence-corrected chi connectivity index (χ2v) is 5.16. The zero-order chi connectivity index (χ0) is 13.8. The third-order valence-corrected chi connectivity index (χ3v) is 3.81. The fourth-order valence-electron chi connectivity index (χ4n) is 2.63. The van der Waals surface area contributed by atoms with Crippen molar-refractivity contribution in [2.45, 2.75) is 38.6 Å². The molecule has 1 aliphatic rings. The van der Waals surface area contributed by atoms with Crippen molar-refractivity contribution in [2.24, 2.45) is 5.92 Å². The number of nitrogens with zero attached hydrogens (tertiary/aromatic N) is 1. The third kappa shape index (κ3) is 3.10. The van der Waals surface area contributed by atoms with Gasteiger partial charge in [0.05, 0.1) is 4.92 Å². The van der Waals surface area contributed by atoms with Crippen LogP contribution >= 0.6 is 0 Å². The molecule has 0 saturated heterocycles. The smallest absolute Gasteiger partial charge is 0.293 e. The van der Waals surface area contributed by atoms with Gasteiger partial charge in [-0.05, 0) is 30.9 Å². The van der Waals surface area contributed by atoms with Crippen molar-refractivity contribution < 1.29 is 9.72 Å². The molecule has 0 aliphatic heterocycles. The minimum Gasteiger partial charge on any atom is -0.376 e. The number of hydrogen-bond acceptors (Lipinski definition) is 4. The lowest BCUT2D eigenvalue weighted by atomic mass is 9.86. The summed E-state index contributed by atoms with van der Waals surface area (Å²) in [7, 11) is 0. The molecule has 5 heteroatoms. The van der Waals surface area contributed by atoms with Gasteiger partial charge in [-0.3, -0.25) is 14.9 Å². The second kappa shape index (κ2) is 5.82. The van der Waals surface area contributed by atoms with Crippen LogP contribution in [0, 0.1) is 16.0 Å². The number of aldehydes is 1. The molecule has 0 amide bonds. The van der Waals surface area contributed by atoms with Gasteiger partial charge in [0.15, 0.2) is 0 Å². The third-order valence-electron chi connectivity index (χ3n) is 3.81. The lowest BCUT2D eigenvalue weighted by molar-refractivity contribution is -0.384. The predicted molar refractivity (Wildman–Crippen MR) is 73.5 cm³/mol. The van der Waals surface area contributed by atoms with Gasteiger partial charge >= 0.3 is 0 Å². The number of carbonyl (C=O) groups is 1. The molecule has 102 valence electrons. The van der Waals surface area contributed by atoms with Gasteiger partial charge in [-0.2, -0.15) is 0 Å². The molecule has 1 aromatic carbocycles. The van der Waals surface area contributed by atoms with Gasteiger partial charge in [0.2, 0.25) is 0 Å². The zero-order valence-electron chi connectivity index (χ0n) is 11.0. The first kappa shape index (κ1) is 13.5. The number of carbonyl (C=O) groups excluding carboxylic acids is 1. The number of nitro benzene ring substituents is 1. The summed E-state index contributed by atoms with van der Waals surface area (Å²) in [5, 5.41) is 14.3. The Hall–Kier alpha value is -1.91. The quantitative estimate of drug-likeness (QED) is 0.513. The number of hydrogen-bond donors (Lipinski definition) is 1. The number of benzene rings is 1. The van der Waals surface area contributed by atoms with E-state index in [-0.39, 0.29) is 11.7 Å². The van der Waals surface area contributed by atoms with Gasteiger partial charge in [-0.1, -0.05) is 19.8 Å². The van der Waals surface area contributed by atoms with Crippen LogP contribution in [-0.2, 0) is 0 Å². The number of nitrogens with one attached hydrogen (secondary N) is 1. The molecular weight excluding hydrogens is 244 g/mol. The van der Waals surface area contributed by atoms with Gasteiger partial charge in [-0.25, -0.2) is 0 Å². The minimum absolute atomic E-state index is 0.0256. The molecule has 1 saturated carbocycles. The van der Waals surface area contributed by atoms with E-state index in [1.165, 1.54) is 12.5 Å². The Morgan fingerprint density at radius 1 is 1.37 bits per heavy atom. The molecule has 1 aromatic rings. The summed E-state index contributed by atoms with van der Waals surface area (Å²) in [6, 6.07) is 4.83. The maximum absolute atomic E-state index is 11.1. The Kier molecular flexibility index (Phi) is 4.14. The van der Waals surface area contributed by atoms with Crippen LogP contribution in [0.1, 0.15) is 43.0 Å². The van der Waals surface area contributed by atoms with Crippen LogP contribution in [0.5, 0.6) is 0 Å². The van der Waals surface area contributed by atoms with E-state index in [9.17, 15) is 14.9 Å². The molecule has 0 radical (unpaired) electrons. The van der Waals surface area contributed by atoms with Crippen LogP contribution in [-0.4, -0.2) is 17.3 Å². The number of anilines is 1. The molecule has 0 heterocycles. The summed E-state index contributed by atoms with van der Waals surface area (Å²) in [6.07, 6.45) is 5.19. The SMILES string of the molecule is CC1CCCCC1Nc1ccc(C=O)cc1[N+](=O)[O-]. The molecule has 1 N–H and O–H groups in total. The molecule has 1 aliphatic carbocycles. The highest BCUT2D eigenvalue weighted by Crippen LogP contribution is 2.31. The Morgan fingerprint density at radius 3 is 2.74 bits per heavy atom. The maximum Gasteiger partial charge on any atom is 0.293 e. The summed E-state index contributed by atoms with van der Waals surface area (Å²) in [5.41, 5.74) is 0.811. The monoisotopic (exact) mass is 262 g/mol. The van der Waals surface area contributed by atoms with E-state index in [0.29, 0.717) is 23.5 Å². The van der Waals surface area contributed by atoms with Crippen LogP contribution in [0.25, 0.3) is 0 Å². The van der Waals surface area contributed by atoms with Crippen LogP contribution in [0.4, 0.5) is 11.4 Å². The van der Waals surface area contributed by atoms with Gasteiger partial charge in [0.1, 0.15) is 12.0 Å². The van der Waals surface area contributed by atoms with E-state index in [4.69, 9.17) is 0 Å². The normalized spacial score (nSPS) is 22.8. The van der Waals surface area contributed by atoms with E-state index in [1.54, 1.807) is 12.1 Å². The summed E-state index contributed by atoms with van der Waals surface area (Å²) >= 11 is 0. The Labute approximate surface area is 112 Å². The molecule has 0 bridgehead atoms. The minimum atomic E-state index is -0.442. The molecule has 19 heavy (non-hydrogen) atoms. The summed E-state index contributed by atoms with van der Waals surface area (Å²) < 4.78 is 0. The van der Waals surface area contributed by atoms with E-state index in [1.807, 2.05) is 0 Å². The number of rotatable bonds is 4. The second-order valence-electron chi connectivity index (χ2n) is 5.16. The summed E-state index contributed by atoms with van der Waals surface area (Å²) in [6.45, 7) is 2.17. The average Bonchev–Trinajstić information content (AvgIpc) is 2.41. The highest BCUT2D eigenvalue weighted by Gasteiger charge is 2.24. The van der Waals surface area contributed by atoms with Gasteiger partial charge in [0.25, 0.3) is 5.69 Å². The van der Waals surface area contributed by atoms with Crippen LogP contribution in [0.2, 0.25) is 0 Å². The topological polar surface area (TPSA) is 72.2 Å². The van der Waals surface area contributed by atoms with Crippen molar-refractivity contribution in [1.29, 1.82) is 0 Å². The molecule has 2 atom stereocenters. The van der Waals surface area contributed by atoms with E-state index >= 15 is 0 Å². The lowest BCUT2D eigenvalue weighted by Gasteiger charge is -2.30. The fourth-order valence-corrected chi connectivity index (χ4v) is 2.63. The molecule has 2 unspecified atom stereocenters. The van der Waals surface area contributed by atoms with Crippen LogP contribution < -0.4 is 5.32 Å². The van der Waals surface area contributed by atoms with E-state index in [0.717, 1.165) is 19.3 Å². The molecule has 1 fully saturated rings. The van der Waals surface area contributed by atoms with Crippen LogP contribution in [0.3, 0.4) is 0 Å². The first-order valence-electron chi connectivity index (χ1n) is 6.62. The van der Waals surface area contributed by atoms with Crippen LogP contribution in [0.15, 0.2) is 18.2 Å². The van der Waals surface area contributed by atoms with Crippen molar-refractivity contribution >= 4 is 17.7 Å². The Bertz CT molecular complexity index is 488. The maximum atomic E-state index is 11.1. The summed E-state index contributed by atoms with van der Waals surface area (Å²) in [4.78, 5) is 21.3. The zero-order valence-corrected chi connectivity index (χ0v) is 11.0. The highest BCUT2D eigenvalue weighted by atomic mass is 16.6. The molecule has 0 spiro atoms. The number of nitro groups is 1. The molecular formula is C14H18N2O3. The highest BCUT2D eigenvalue weighted by molar-refractivity contribution is 5.79. The largest absolute Gasteiger partial charge is 0.376 e. The van der Waals surface area contributed by atoms with Crippen molar-refractivity contribution in [3.05, 3.63) is 33.9 Å². The first-order valence-corrected chi connectivity index (χ1v) is 6.62. The molecule has 5 nitrogen and oxygen atoms in total. The lowest BCUT2D eigenvalue weighted by Crippen LogP contribution is -2.30. The molecule has 2 rings (SSSR count). The summed E-state index contributed by atoms with van der Waals surface area (Å²) in [5.74, 6) is 0.513. The average molecular weight is 262 g/mol. The first-order chi connectivity index (χ1) is 9.11. The van der Waals surface area contributed by atoms with Crippen molar-refractivity contribution in [3.8, 4) is 0 Å². The Morgan fingerprint density at radius 2 is 2.11 bits per heavy atom. The van der Waals surface area contributed by atoms with Gasteiger partial charge in [0, 0.05) is 17.7 Å². The molecule has 0 aromatic heterocycles. The van der Waals surface area contributed by atoms with Crippen molar-refractivity contribution in [1.82, 2.24) is 0 Å². The Balaban J connectivity index is 2.23. The van der Waals surface area contributed by atoms with Gasteiger partial charge < -0.3 is 5.32 Å². The standard InChI is InChI=1S/C14H18N2O3/c1-10-4-2-3-5-12(10)15-13-7-6-11(9-17)8-14(13)16(18)19/h6-10,12,15H,2-5H2,1H3. The van der Waals surface area contributed by atoms with Gasteiger partial charge in [-0.15, -0.1) is 0 Å². The van der Waals surface area contributed by atoms with Crippen molar-refractivity contribution in [3.63, 3.8) is 0 Å². The predicted octanol–water partition coefficient (Wildman–Crippen LogP) is 3.40. The fraction of sp³-hybridized carbons (Fsp3) is 0.500.